The maximum absolute atomic E-state index is 13.2. The molecule has 1 aromatic carbocycles. The Balaban J connectivity index is 2.29. The molecule has 15 heavy (non-hydrogen) atoms. The molecule has 1 N–H and O–H groups in total. The standard InChI is InChI=1S/C13H20FN/c1-3-6-11(2)15-10-9-12-7-4-5-8-13(12)14/h4-5,7-8,11,15H,3,6,9-10H2,1-2H3/t11-/m0/s1. The SMILES string of the molecule is CCC[C@H](C)NCCc1ccccc1F. The van der Waals surface area contributed by atoms with Gasteiger partial charge in [-0.3, -0.25) is 0 Å². The molecule has 1 rings (SSSR count). The summed E-state index contributed by atoms with van der Waals surface area (Å²) in [5.41, 5.74) is 0.800. The van der Waals surface area contributed by atoms with Crippen molar-refractivity contribution in [3.63, 3.8) is 0 Å². The van der Waals surface area contributed by atoms with Crippen LogP contribution in [-0.4, -0.2) is 12.6 Å². The second-order valence-corrected chi connectivity index (χ2v) is 3.99. The van der Waals surface area contributed by atoms with Gasteiger partial charge in [0.25, 0.3) is 0 Å². The highest BCUT2D eigenvalue weighted by molar-refractivity contribution is 5.17. The van der Waals surface area contributed by atoms with Gasteiger partial charge >= 0.3 is 0 Å². The van der Waals surface area contributed by atoms with Crippen LogP contribution in [0.1, 0.15) is 32.3 Å². The number of rotatable bonds is 6. The van der Waals surface area contributed by atoms with Gasteiger partial charge in [0.15, 0.2) is 0 Å². The Hall–Kier alpha value is -0.890. The van der Waals surface area contributed by atoms with Gasteiger partial charge < -0.3 is 5.32 Å². The van der Waals surface area contributed by atoms with E-state index in [0.29, 0.717) is 6.04 Å². The van der Waals surface area contributed by atoms with Crippen molar-refractivity contribution in [1.82, 2.24) is 5.32 Å². The highest BCUT2D eigenvalue weighted by atomic mass is 19.1. The first-order chi connectivity index (χ1) is 7.24. The summed E-state index contributed by atoms with van der Waals surface area (Å²) >= 11 is 0. The van der Waals surface area contributed by atoms with E-state index >= 15 is 0 Å². The fraction of sp³-hybridized carbons (Fsp3) is 0.538. The molecule has 0 amide bonds. The van der Waals surface area contributed by atoms with Crippen molar-refractivity contribution < 1.29 is 4.39 Å². The maximum atomic E-state index is 13.2. The zero-order valence-corrected chi connectivity index (χ0v) is 9.59. The highest BCUT2D eigenvalue weighted by Crippen LogP contribution is 2.06. The summed E-state index contributed by atoms with van der Waals surface area (Å²) in [6.07, 6.45) is 3.13. The van der Waals surface area contributed by atoms with Gasteiger partial charge in [-0.1, -0.05) is 31.5 Å². The van der Waals surface area contributed by atoms with Crippen molar-refractivity contribution in [2.24, 2.45) is 0 Å². The minimum absolute atomic E-state index is 0.0950. The van der Waals surface area contributed by atoms with Gasteiger partial charge in [0.1, 0.15) is 5.82 Å². The van der Waals surface area contributed by atoms with E-state index in [9.17, 15) is 4.39 Å². The molecule has 0 aliphatic carbocycles. The van der Waals surface area contributed by atoms with E-state index in [4.69, 9.17) is 0 Å². The normalized spacial score (nSPS) is 12.7. The summed E-state index contributed by atoms with van der Waals surface area (Å²) < 4.78 is 13.2. The summed E-state index contributed by atoms with van der Waals surface area (Å²) in [6, 6.07) is 7.51. The Morgan fingerprint density at radius 1 is 1.33 bits per heavy atom. The van der Waals surface area contributed by atoms with Gasteiger partial charge in [0, 0.05) is 6.04 Å². The zero-order chi connectivity index (χ0) is 11.1. The fourth-order valence-electron chi connectivity index (χ4n) is 1.69. The number of nitrogens with one attached hydrogen (secondary N) is 1. The van der Waals surface area contributed by atoms with Crippen molar-refractivity contribution in [3.05, 3.63) is 35.6 Å². The Morgan fingerprint density at radius 2 is 2.07 bits per heavy atom. The molecule has 0 bridgehead atoms. The molecule has 1 aromatic rings. The van der Waals surface area contributed by atoms with Gasteiger partial charge in [-0.05, 0) is 37.9 Å². The molecule has 0 spiro atoms. The summed E-state index contributed by atoms with van der Waals surface area (Å²) in [5, 5.41) is 3.39. The third-order valence-corrected chi connectivity index (χ3v) is 2.57. The van der Waals surface area contributed by atoms with E-state index in [2.05, 4.69) is 19.2 Å². The predicted octanol–water partition coefficient (Wildman–Crippen LogP) is 3.15. The number of hydrogen-bond acceptors (Lipinski definition) is 1. The van der Waals surface area contributed by atoms with Crippen molar-refractivity contribution in [1.29, 1.82) is 0 Å². The van der Waals surface area contributed by atoms with Crippen LogP contribution in [0.2, 0.25) is 0 Å². The summed E-state index contributed by atoms with van der Waals surface area (Å²) in [7, 11) is 0. The van der Waals surface area contributed by atoms with Gasteiger partial charge in [-0.15, -0.1) is 0 Å². The van der Waals surface area contributed by atoms with Gasteiger partial charge in [0.05, 0.1) is 0 Å². The monoisotopic (exact) mass is 209 g/mol. The Labute approximate surface area is 91.7 Å². The first-order valence-electron chi connectivity index (χ1n) is 5.70. The van der Waals surface area contributed by atoms with Crippen LogP contribution in [0, 0.1) is 5.82 Å². The minimum atomic E-state index is -0.0950. The first-order valence-corrected chi connectivity index (χ1v) is 5.70. The van der Waals surface area contributed by atoms with E-state index in [0.717, 1.165) is 18.5 Å². The van der Waals surface area contributed by atoms with Crippen molar-refractivity contribution >= 4 is 0 Å². The smallest absolute Gasteiger partial charge is 0.126 e. The minimum Gasteiger partial charge on any atom is -0.314 e. The lowest BCUT2D eigenvalue weighted by Crippen LogP contribution is -2.27. The third kappa shape index (κ3) is 4.43. The quantitative estimate of drug-likeness (QED) is 0.759. The molecule has 0 saturated heterocycles. The van der Waals surface area contributed by atoms with Crippen molar-refractivity contribution in [2.75, 3.05) is 6.54 Å². The number of halogens is 1. The highest BCUT2D eigenvalue weighted by Gasteiger charge is 2.02. The predicted molar refractivity (Wildman–Crippen MR) is 62.5 cm³/mol. The molecule has 84 valence electrons. The molecule has 0 saturated carbocycles. The van der Waals surface area contributed by atoms with Crippen molar-refractivity contribution in [3.8, 4) is 0 Å². The Kier molecular flexibility index (Phi) is 5.33. The van der Waals surface area contributed by atoms with Crippen LogP contribution in [-0.2, 0) is 6.42 Å². The zero-order valence-electron chi connectivity index (χ0n) is 9.59. The summed E-state index contributed by atoms with van der Waals surface area (Å²) in [6.45, 7) is 5.20. The molecule has 0 heterocycles. The number of benzene rings is 1. The summed E-state index contributed by atoms with van der Waals surface area (Å²) in [4.78, 5) is 0. The van der Waals surface area contributed by atoms with Crippen LogP contribution < -0.4 is 5.32 Å². The third-order valence-electron chi connectivity index (χ3n) is 2.57. The average molecular weight is 209 g/mol. The van der Waals surface area contributed by atoms with E-state index in [1.54, 1.807) is 6.07 Å². The molecular formula is C13H20FN. The Bertz CT molecular complexity index is 286. The van der Waals surface area contributed by atoms with Crippen LogP contribution >= 0.6 is 0 Å². The van der Waals surface area contributed by atoms with Gasteiger partial charge in [-0.25, -0.2) is 4.39 Å². The second kappa shape index (κ2) is 6.57. The molecule has 0 unspecified atom stereocenters. The largest absolute Gasteiger partial charge is 0.314 e. The van der Waals surface area contributed by atoms with Crippen LogP contribution in [0.3, 0.4) is 0 Å². The van der Waals surface area contributed by atoms with Gasteiger partial charge in [-0.2, -0.15) is 0 Å². The topological polar surface area (TPSA) is 12.0 Å². The lowest BCUT2D eigenvalue weighted by atomic mass is 10.1. The fourth-order valence-corrected chi connectivity index (χ4v) is 1.69. The van der Waals surface area contributed by atoms with Gasteiger partial charge in [0.2, 0.25) is 0 Å². The van der Waals surface area contributed by atoms with Crippen LogP contribution in [0.15, 0.2) is 24.3 Å². The molecule has 0 radical (unpaired) electrons. The van der Waals surface area contributed by atoms with E-state index < -0.39 is 0 Å². The van der Waals surface area contributed by atoms with E-state index in [-0.39, 0.29) is 5.82 Å². The first kappa shape index (κ1) is 12.2. The lowest BCUT2D eigenvalue weighted by Gasteiger charge is -2.12. The van der Waals surface area contributed by atoms with Crippen molar-refractivity contribution in [2.45, 2.75) is 39.2 Å². The molecule has 1 atom stereocenters. The summed E-state index contributed by atoms with van der Waals surface area (Å²) in [5.74, 6) is -0.0950. The molecular weight excluding hydrogens is 189 g/mol. The van der Waals surface area contributed by atoms with Crippen LogP contribution in [0.4, 0.5) is 4.39 Å². The molecule has 2 heteroatoms. The maximum Gasteiger partial charge on any atom is 0.126 e. The molecule has 0 aromatic heterocycles. The van der Waals surface area contributed by atoms with E-state index in [1.165, 1.54) is 18.9 Å². The second-order valence-electron chi connectivity index (χ2n) is 3.99. The van der Waals surface area contributed by atoms with E-state index in [1.807, 2.05) is 12.1 Å². The molecule has 0 fully saturated rings. The molecule has 0 aliphatic rings. The van der Waals surface area contributed by atoms with Crippen LogP contribution in [0.25, 0.3) is 0 Å². The number of hydrogen-bond donors (Lipinski definition) is 1. The lowest BCUT2D eigenvalue weighted by molar-refractivity contribution is 0.507. The molecule has 0 aliphatic heterocycles. The van der Waals surface area contributed by atoms with Crippen LogP contribution in [0.5, 0.6) is 0 Å². The Morgan fingerprint density at radius 3 is 2.73 bits per heavy atom. The average Bonchev–Trinajstić information content (AvgIpc) is 2.21. The molecule has 1 nitrogen and oxygen atoms in total.